The molecule has 0 heterocycles. The van der Waals surface area contributed by atoms with Gasteiger partial charge in [-0.3, -0.25) is 0 Å². The van der Waals surface area contributed by atoms with E-state index in [2.05, 4.69) is 30.7 Å². The van der Waals surface area contributed by atoms with Crippen molar-refractivity contribution < 1.29 is 20.4 Å². The average Bonchev–Trinajstić information content (AvgIpc) is 1.62. The maximum Gasteiger partial charge on any atom is 0 e. The largest absolute Gasteiger partial charge is 0.230 e. The van der Waals surface area contributed by atoms with Crippen molar-refractivity contribution in [1.29, 1.82) is 0 Å². The van der Waals surface area contributed by atoms with Crippen molar-refractivity contribution in [2.75, 3.05) is 0 Å². The quantitative estimate of drug-likeness (QED) is 0.428. The minimum absolute atomic E-state index is 0. The molecule has 0 bridgehead atoms. The third kappa shape index (κ3) is 4.51. The van der Waals surface area contributed by atoms with Crippen LogP contribution in [-0.2, 0) is 20.4 Å². The van der Waals surface area contributed by atoms with E-state index >= 15 is 0 Å². The molecule has 54 valence electrons. The molecule has 0 spiro atoms. The van der Waals surface area contributed by atoms with Crippen LogP contribution in [0.1, 0.15) is 19.3 Å². The standard InChI is InChI=1S/C8H11.Pd/c1-2-4-6-8-7-5-3-1;/h1-5H,6-8H2;/q-1;/b2-1-,5-3-;. The van der Waals surface area contributed by atoms with E-state index < -0.39 is 0 Å². The van der Waals surface area contributed by atoms with Crippen molar-refractivity contribution in [2.45, 2.75) is 19.3 Å². The Morgan fingerprint density at radius 3 is 3.00 bits per heavy atom. The van der Waals surface area contributed by atoms with Gasteiger partial charge in [-0.25, -0.2) is 18.6 Å². The molecule has 0 amide bonds. The molecule has 0 saturated heterocycles. The Hall–Kier alpha value is 0.0123. The van der Waals surface area contributed by atoms with E-state index in [0.717, 1.165) is 0 Å². The van der Waals surface area contributed by atoms with Gasteiger partial charge in [-0.05, 0) is 6.42 Å². The maximum absolute atomic E-state index is 2.21. The van der Waals surface area contributed by atoms with Gasteiger partial charge in [-0.15, -0.1) is 18.6 Å². The molecule has 0 nitrogen and oxygen atoms in total. The van der Waals surface area contributed by atoms with Crippen molar-refractivity contribution >= 4 is 0 Å². The predicted octanol–water partition coefficient (Wildman–Crippen LogP) is 2.48. The second-order valence-electron chi connectivity index (χ2n) is 1.98. The molecule has 0 aromatic carbocycles. The topological polar surface area (TPSA) is 0 Å². The summed E-state index contributed by atoms with van der Waals surface area (Å²) in [5.74, 6) is 0. The van der Waals surface area contributed by atoms with Gasteiger partial charge in [0.2, 0.25) is 0 Å². The van der Waals surface area contributed by atoms with E-state index in [9.17, 15) is 0 Å². The van der Waals surface area contributed by atoms with E-state index in [-0.39, 0.29) is 20.4 Å². The maximum atomic E-state index is 2.21. The van der Waals surface area contributed by atoms with Crippen molar-refractivity contribution in [3.8, 4) is 0 Å². The fourth-order valence-electron chi connectivity index (χ4n) is 0.767. The molecule has 9 heavy (non-hydrogen) atoms. The van der Waals surface area contributed by atoms with Crippen LogP contribution in [0.2, 0.25) is 0 Å². The van der Waals surface area contributed by atoms with Crippen LogP contribution in [0.25, 0.3) is 0 Å². The smallest absolute Gasteiger partial charge is 0 e. The molecular weight excluding hydrogens is 203 g/mol. The summed E-state index contributed by atoms with van der Waals surface area (Å²) in [5.41, 5.74) is 0. The van der Waals surface area contributed by atoms with Gasteiger partial charge >= 0.3 is 0 Å². The van der Waals surface area contributed by atoms with Gasteiger partial charge in [-0.1, -0.05) is 6.42 Å². The number of rotatable bonds is 0. The Morgan fingerprint density at radius 1 is 1.22 bits per heavy atom. The minimum atomic E-state index is 0. The van der Waals surface area contributed by atoms with Gasteiger partial charge < -0.3 is 0 Å². The third-order valence-electron chi connectivity index (χ3n) is 1.24. The van der Waals surface area contributed by atoms with E-state index in [1.165, 1.54) is 19.3 Å². The molecule has 0 atom stereocenters. The normalized spacial score (nSPS) is 24.0. The van der Waals surface area contributed by atoms with Crippen molar-refractivity contribution in [3.63, 3.8) is 0 Å². The van der Waals surface area contributed by atoms with Crippen molar-refractivity contribution in [1.82, 2.24) is 0 Å². The first-order valence-corrected chi connectivity index (χ1v) is 3.15. The predicted molar refractivity (Wildman–Crippen MR) is 36.4 cm³/mol. The van der Waals surface area contributed by atoms with Gasteiger partial charge in [0.25, 0.3) is 0 Å². The van der Waals surface area contributed by atoms with Crippen LogP contribution in [0.3, 0.4) is 0 Å². The molecule has 0 fully saturated rings. The molecule has 0 radical (unpaired) electrons. The van der Waals surface area contributed by atoms with Gasteiger partial charge in [-0.2, -0.15) is 0 Å². The van der Waals surface area contributed by atoms with Crippen LogP contribution in [0.15, 0.2) is 24.3 Å². The first kappa shape index (κ1) is 9.01. The molecule has 0 aromatic rings. The van der Waals surface area contributed by atoms with Crippen LogP contribution in [-0.4, -0.2) is 0 Å². The zero-order valence-electron chi connectivity index (χ0n) is 5.32. The molecule has 0 saturated carbocycles. The molecule has 1 rings (SSSR count). The summed E-state index contributed by atoms with van der Waals surface area (Å²) in [6.07, 6.45) is 14.5. The minimum Gasteiger partial charge on any atom is -0.230 e. The Kier molecular flexibility index (Phi) is 6.15. The summed E-state index contributed by atoms with van der Waals surface area (Å²) in [6, 6.07) is 0. The average molecular weight is 214 g/mol. The molecule has 1 heteroatoms. The number of allylic oxidation sites excluding steroid dienone is 4. The van der Waals surface area contributed by atoms with E-state index in [0.29, 0.717) is 0 Å². The van der Waals surface area contributed by atoms with Gasteiger partial charge in [0.05, 0.1) is 0 Å². The van der Waals surface area contributed by atoms with Crippen LogP contribution in [0, 0.1) is 6.42 Å². The SMILES string of the molecule is C1=C\[CH-]CCC\C=C/1.[Pd]. The van der Waals surface area contributed by atoms with Crippen molar-refractivity contribution in [3.05, 3.63) is 30.7 Å². The van der Waals surface area contributed by atoms with E-state index in [4.69, 9.17) is 0 Å². The summed E-state index contributed by atoms with van der Waals surface area (Å²) >= 11 is 0. The zero-order chi connectivity index (χ0) is 5.66. The summed E-state index contributed by atoms with van der Waals surface area (Å²) in [5, 5.41) is 0. The van der Waals surface area contributed by atoms with Crippen molar-refractivity contribution in [2.24, 2.45) is 0 Å². The first-order chi connectivity index (χ1) is 4.00. The van der Waals surface area contributed by atoms with E-state index in [1.54, 1.807) is 0 Å². The number of hydrogen-bond acceptors (Lipinski definition) is 0. The Labute approximate surface area is 70.7 Å². The van der Waals surface area contributed by atoms with E-state index in [1.807, 2.05) is 0 Å². The third-order valence-corrected chi connectivity index (χ3v) is 1.24. The van der Waals surface area contributed by atoms with Gasteiger partial charge in [0, 0.05) is 20.4 Å². The fourth-order valence-corrected chi connectivity index (χ4v) is 0.767. The second kappa shape index (κ2) is 6.14. The summed E-state index contributed by atoms with van der Waals surface area (Å²) in [6.45, 7) is 0. The first-order valence-electron chi connectivity index (χ1n) is 3.15. The van der Waals surface area contributed by atoms with Crippen LogP contribution >= 0.6 is 0 Å². The molecule has 0 unspecified atom stereocenters. The van der Waals surface area contributed by atoms with Crippen LogP contribution in [0.4, 0.5) is 0 Å². The summed E-state index contributed by atoms with van der Waals surface area (Å²) in [4.78, 5) is 0. The molecule has 0 aliphatic heterocycles. The van der Waals surface area contributed by atoms with Gasteiger partial charge in [0.15, 0.2) is 0 Å². The molecule has 1 aliphatic carbocycles. The Bertz CT molecular complexity index is 89.1. The van der Waals surface area contributed by atoms with Crippen LogP contribution < -0.4 is 0 Å². The zero-order valence-corrected chi connectivity index (χ0v) is 6.88. The molecule has 0 N–H and O–H groups in total. The Morgan fingerprint density at radius 2 is 2.11 bits per heavy atom. The molecular formula is C8H11Pd-. The monoisotopic (exact) mass is 213 g/mol. The van der Waals surface area contributed by atoms with Gasteiger partial charge in [0.1, 0.15) is 0 Å². The summed E-state index contributed by atoms with van der Waals surface area (Å²) in [7, 11) is 0. The molecule has 0 aromatic heterocycles. The Balaban J connectivity index is 0.000000640. The second-order valence-corrected chi connectivity index (χ2v) is 1.98. The number of hydrogen-bond donors (Lipinski definition) is 0. The molecule has 1 aliphatic rings. The fraction of sp³-hybridized carbons (Fsp3) is 0.375. The summed E-state index contributed by atoms with van der Waals surface area (Å²) < 4.78 is 0. The van der Waals surface area contributed by atoms with Crippen LogP contribution in [0.5, 0.6) is 0 Å².